The summed E-state index contributed by atoms with van der Waals surface area (Å²) in [6, 6.07) is 75.4. The lowest BCUT2D eigenvalue weighted by Crippen LogP contribution is -2.41. The average molecular weight is 1580 g/mol. The zero-order valence-corrected chi connectivity index (χ0v) is 63.2. The number of hydrogen-bond acceptors (Lipinski definition) is 14. The van der Waals surface area contributed by atoms with E-state index < -0.39 is 78.7 Å². The van der Waals surface area contributed by atoms with Crippen LogP contribution < -0.4 is 5.46 Å². The molecule has 0 saturated carbocycles. The van der Waals surface area contributed by atoms with Crippen LogP contribution in [0.1, 0.15) is 48.8 Å². The van der Waals surface area contributed by atoms with Crippen LogP contribution in [0.4, 0.5) is 0 Å². The summed E-state index contributed by atoms with van der Waals surface area (Å²) in [6.07, 6.45) is 0. The minimum absolute atomic E-state index is 0. The van der Waals surface area contributed by atoms with Gasteiger partial charge in [0.05, 0.1) is 24.9 Å². The van der Waals surface area contributed by atoms with E-state index in [2.05, 4.69) is 113 Å². The van der Waals surface area contributed by atoms with Crippen molar-refractivity contribution in [2.45, 2.75) is 46.3 Å². The molecule has 0 atom stereocenters. The second-order valence-corrected chi connectivity index (χ2v) is 31.3. The van der Waals surface area contributed by atoms with Crippen LogP contribution in [0.5, 0.6) is 0 Å². The first kappa shape index (κ1) is 59.1. The smallest absolute Gasteiger partial charge is 0.456 e. The molecule has 0 spiro atoms. The van der Waals surface area contributed by atoms with E-state index in [-0.39, 0.29) is 53.5 Å². The lowest BCUT2D eigenvalue weighted by Gasteiger charge is -2.32. The molecule has 22 aromatic rings. The van der Waals surface area contributed by atoms with E-state index in [1.807, 2.05) is 185 Å². The zero-order chi connectivity index (χ0) is 83.6. The van der Waals surface area contributed by atoms with E-state index >= 15 is 0 Å². The van der Waals surface area contributed by atoms with Crippen LogP contribution in [-0.2, 0) is 9.31 Å². The Hall–Kier alpha value is -12.8. The Kier molecular flexibility index (Phi) is 14.4. The molecule has 113 heavy (non-hydrogen) atoms. The van der Waals surface area contributed by atoms with Crippen LogP contribution in [0.2, 0.25) is 0 Å². The van der Waals surface area contributed by atoms with Gasteiger partial charge in [0.15, 0.2) is 34.9 Å². The molecule has 1 aliphatic heterocycles. The molecule has 23 rings (SSSR count). The number of thiophene rings is 2. The first-order valence-corrected chi connectivity index (χ1v) is 38.7. The number of furan rings is 4. The summed E-state index contributed by atoms with van der Waals surface area (Å²) in [5.41, 5.74) is 9.72. The fraction of sp³-hybridized carbons (Fsp3) is 0.0722. The Labute approximate surface area is 679 Å². The molecule has 0 aliphatic carbocycles. The van der Waals surface area contributed by atoms with Gasteiger partial charge in [0.2, 0.25) is 0 Å². The number of para-hydroxylation sites is 2. The molecular weight excluding hydrogens is 1500 g/mol. The maximum atomic E-state index is 8.76. The summed E-state index contributed by atoms with van der Waals surface area (Å²) >= 11 is 7.22. The highest BCUT2D eigenvalue weighted by molar-refractivity contribution is 9.10. The molecule has 1 saturated heterocycles. The number of benzene rings is 14. The first-order valence-electron chi connectivity index (χ1n) is 41.2. The number of rotatable bonds is 8. The summed E-state index contributed by atoms with van der Waals surface area (Å²) < 4.78 is 129. The summed E-state index contributed by atoms with van der Waals surface area (Å²) in [6.45, 7) is 8.09. The van der Waals surface area contributed by atoms with Gasteiger partial charge in [0.1, 0.15) is 44.7 Å². The van der Waals surface area contributed by atoms with Crippen LogP contribution in [-0.4, -0.2) is 48.2 Å². The van der Waals surface area contributed by atoms with Gasteiger partial charge in [0, 0.05) is 121 Å². The number of aromatic nitrogens is 6. The minimum Gasteiger partial charge on any atom is -0.456 e. The van der Waals surface area contributed by atoms with Crippen molar-refractivity contribution in [2.75, 3.05) is 0 Å². The molecule has 542 valence electrons. The molecule has 0 unspecified atom stereocenters. The van der Waals surface area contributed by atoms with Crippen molar-refractivity contribution >= 4 is 179 Å². The van der Waals surface area contributed by atoms with Crippen molar-refractivity contribution in [3.05, 3.63) is 308 Å². The highest BCUT2D eigenvalue weighted by atomic mass is 79.9. The molecule has 1 fully saturated rings. The van der Waals surface area contributed by atoms with Gasteiger partial charge < -0.3 is 27.0 Å². The van der Waals surface area contributed by atoms with Crippen molar-refractivity contribution in [1.29, 1.82) is 0 Å². The van der Waals surface area contributed by atoms with Crippen LogP contribution in [0.15, 0.2) is 325 Å². The number of nitrogens with zero attached hydrogens (tertiary/aromatic N) is 6. The van der Waals surface area contributed by atoms with Crippen molar-refractivity contribution in [1.82, 2.24) is 29.9 Å². The fourth-order valence-corrected chi connectivity index (χ4v) is 17.9. The molecule has 0 bridgehead atoms. The van der Waals surface area contributed by atoms with Crippen LogP contribution in [0.25, 0.3) is 208 Å². The summed E-state index contributed by atoms with van der Waals surface area (Å²) in [7, 11) is -0.529. The SMILES string of the molecule is Brc1cccc2c1sc1ccccc12.C.[2H]c1c([2H])c([2H])c(-c2nc(-c3ccc4c(c3)oc3ccc(-c5cccc6c5sc5ccccc56)cc34)nc(-c3cccc4oc5ccccc5c34)n2)c([2H])c1[2H].[2H]c1c([2H])c([2H])c(-c2nc(-c3ccc4c(c3)oc3ccc(B5OC(C)(C)C(C)(C)O5)cc34)nc(-c3cccc4oc5ccccc5c34)n2)c([2H])c1[2H]. The normalized spacial score (nSPS) is 14.6. The largest absolute Gasteiger partial charge is 0.494 e. The van der Waals surface area contributed by atoms with Crippen molar-refractivity contribution in [3.8, 4) is 79.5 Å². The molecule has 0 amide bonds. The van der Waals surface area contributed by atoms with Gasteiger partial charge in [0.25, 0.3) is 0 Å². The van der Waals surface area contributed by atoms with Gasteiger partial charge in [-0.25, -0.2) is 29.9 Å². The predicted molar refractivity (Wildman–Crippen MR) is 469 cm³/mol. The molecule has 0 radical (unpaired) electrons. The van der Waals surface area contributed by atoms with E-state index in [9.17, 15) is 0 Å². The van der Waals surface area contributed by atoms with Crippen LogP contribution >= 0.6 is 38.6 Å². The first-order chi connectivity index (χ1) is 59.0. The average Bonchev–Trinajstić information content (AvgIpc) is 1.70. The lowest BCUT2D eigenvalue weighted by atomic mass is 9.78. The van der Waals surface area contributed by atoms with E-state index in [0.29, 0.717) is 61.3 Å². The number of halogens is 1. The fourth-order valence-electron chi connectivity index (χ4n) is 15.0. The molecule has 9 heterocycles. The third kappa shape index (κ3) is 12.1. The summed E-state index contributed by atoms with van der Waals surface area (Å²) in [5, 5.41) is 12.2. The van der Waals surface area contributed by atoms with Crippen molar-refractivity contribution in [3.63, 3.8) is 0 Å². The summed E-state index contributed by atoms with van der Waals surface area (Å²) in [5.74, 6) is 0.896. The Morgan fingerprint density at radius 1 is 0.310 bits per heavy atom. The van der Waals surface area contributed by atoms with Crippen molar-refractivity contribution < 1.29 is 40.7 Å². The Bertz CT molecular complexity index is 8140. The highest BCUT2D eigenvalue weighted by Gasteiger charge is 2.52. The van der Waals surface area contributed by atoms with Gasteiger partial charge in [-0.2, -0.15) is 0 Å². The molecule has 16 heteroatoms. The molecule has 0 N–H and O–H groups in total. The van der Waals surface area contributed by atoms with Gasteiger partial charge in [-0.15, -0.1) is 22.7 Å². The zero-order valence-electron chi connectivity index (χ0n) is 70.0. The van der Waals surface area contributed by atoms with E-state index in [0.717, 1.165) is 65.3 Å². The molecule has 1 aliphatic rings. The predicted octanol–water partition coefficient (Wildman–Crippen LogP) is 27.1. The maximum Gasteiger partial charge on any atom is 0.494 e. The Balaban J connectivity index is 0.000000134. The van der Waals surface area contributed by atoms with E-state index in [4.69, 9.17) is 70.6 Å². The topological polar surface area (TPSA) is 148 Å². The van der Waals surface area contributed by atoms with Crippen LogP contribution in [0, 0.1) is 0 Å². The van der Waals surface area contributed by atoms with E-state index in [1.54, 1.807) is 11.3 Å². The van der Waals surface area contributed by atoms with E-state index in [1.165, 1.54) is 44.8 Å². The maximum absolute atomic E-state index is 8.76. The lowest BCUT2D eigenvalue weighted by molar-refractivity contribution is 0.00578. The Morgan fingerprint density at radius 3 is 1.24 bits per heavy atom. The molecule has 12 nitrogen and oxygen atoms in total. The standard InChI is InChI=1S/C45H25N3O2S.C39H30BN3O4.C12H7BrS.CH4/c1-2-10-26(11-3-1)43-46-44(48-45(47-43)34-16-9-18-38-41(34)33-13-4-6-17-36(33)49-38)28-20-22-30-35-24-27(21-23-37(35)50-39(30)25-28)29-14-8-15-32-31-12-5-7-19-40(31)51-42(29)32;1-38(2)39(3,4)47-40(46-38)25-18-20-31-29(22-25)26-19-17-24(21-33(26)45-31)36-41-35(23-11-6-5-7-12-23)42-37(43-36)28-14-10-16-32-34(28)27-13-8-9-15-30(27)44-32;13-10-6-3-5-9-8-4-1-2-7-11(8)14-12(9)10;/h1-25H;5-22H,1-4H3;1-7H;1H4/i1D,2D,3D,10D,11D;5D,6D,7D,11D,12D;;. The quantitative estimate of drug-likeness (QED) is 0.133. The third-order valence-electron chi connectivity index (χ3n) is 21.1. The van der Waals surface area contributed by atoms with Crippen LogP contribution in [0.3, 0.4) is 0 Å². The molecular formula is C97H66BBrN6O6S2. The monoisotopic (exact) mass is 1570 g/mol. The van der Waals surface area contributed by atoms with Gasteiger partial charge in [-0.1, -0.05) is 226 Å². The summed E-state index contributed by atoms with van der Waals surface area (Å²) in [4.78, 5) is 28.9. The van der Waals surface area contributed by atoms with Crippen molar-refractivity contribution in [2.24, 2.45) is 0 Å². The van der Waals surface area contributed by atoms with Gasteiger partial charge in [-0.05, 0) is 145 Å². The highest BCUT2D eigenvalue weighted by Crippen LogP contribution is 2.46. The number of fused-ring (bicyclic) bond motifs is 18. The Morgan fingerprint density at radius 2 is 0.699 bits per heavy atom. The minimum atomic E-state index is -0.529. The van der Waals surface area contributed by atoms with Gasteiger partial charge >= 0.3 is 7.12 Å². The molecule has 14 aromatic carbocycles. The van der Waals surface area contributed by atoms with Gasteiger partial charge in [-0.3, -0.25) is 0 Å². The second-order valence-electron chi connectivity index (χ2n) is 28.3. The number of hydrogen-bond donors (Lipinski definition) is 0. The second kappa shape index (κ2) is 27.6. The molecule has 8 aromatic heterocycles. The third-order valence-corrected chi connectivity index (χ3v) is 24.4.